The van der Waals surface area contributed by atoms with E-state index in [1.807, 2.05) is 60.3 Å². The Bertz CT molecular complexity index is 1020. The molecular weight excluding hydrogens is 362 g/mol. The van der Waals surface area contributed by atoms with E-state index in [9.17, 15) is 8.42 Å². The van der Waals surface area contributed by atoms with Crippen LogP contribution >= 0.6 is 0 Å². The lowest BCUT2D eigenvalue weighted by Crippen LogP contribution is -2.40. The highest BCUT2D eigenvalue weighted by molar-refractivity contribution is 7.89. The van der Waals surface area contributed by atoms with Gasteiger partial charge in [-0.25, -0.2) is 13.1 Å². The molecule has 1 fully saturated rings. The van der Waals surface area contributed by atoms with Crippen LogP contribution in [-0.2, 0) is 14.8 Å². The minimum absolute atomic E-state index is 0.299. The maximum Gasteiger partial charge on any atom is 0.243 e. The van der Waals surface area contributed by atoms with Gasteiger partial charge in [0.1, 0.15) is 0 Å². The highest BCUT2D eigenvalue weighted by Crippen LogP contribution is 2.25. The lowest BCUT2D eigenvalue weighted by Gasteiger charge is -2.26. The second-order valence-electron chi connectivity index (χ2n) is 6.48. The molecular formula is C20H21N3O3S. The monoisotopic (exact) mass is 383 g/mol. The van der Waals surface area contributed by atoms with Crippen LogP contribution in [-0.4, -0.2) is 48.8 Å². The number of hydrogen-bond acceptors (Lipinski definition) is 4. The van der Waals surface area contributed by atoms with Crippen LogP contribution in [0.4, 0.5) is 0 Å². The number of ether oxygens (including phenoxy) is 1. The Balaban J connectivity index is 1.62. The molecule has 0 bridgehead atoms. The van der Waals surface area contributed by atoms with Crippen molar-refractivity contribution in [2.45, 2.75) is 11.8 Å². The molecule has 0 atom stereocenters. The summed E-state index contributed by atoms with van der Waals surface area (Å²) in [7, 11) is -3.48. The summed E-state index contributed by atoms with van der Waals surface area (Å²) in [5.41, 5.74) is 3.75. The van der Waals surface area contributed by atoms with Crippen molar-refractivity contribution in [2.24, 2.45) is 0 Å². The predicted molar refractivity (Wildman–Crippen MR) is 103 cm³/mol. The van der Waals surface area contributed by atoms with Gasteiger partial charge in [0.15, 0.2) is 0 Å². The Hall–Kier alpha value is -2.48. The van der Waals surface area contributed by atoms with Crippen molar-refractivity contribution in [1.29, 1.82) is 0 Å². The summed E-state index contributed by atoms with van der Waals surface area (Å²) in [6, 6.07) is 16.8. The van der Waals surface area contributed by atoms with Gasteiger partial charge in [0.05, 0.1) is 29.5 Å². The zero-order chi connectivity index (χ0) is 18.9. The fraction of sp³-hybridized carbons (Fsp3) is 0.250. The molecule has 2 heterocycles. The summed E-state index contributed by atoms with van der Waals surface area (Å²) >= 11 is 0. The van der Waals surface area contributed by atoms with Gasteiger partial charge < -0.3 is 4.74 Å². The molecule has 1 aliphatic rings. The Labute approximate surface area is 159 Å². The maximum absolute atomic E-state index is 12.7. The molecule has 0 aliphatic carbocycles. The summed E-state index contributed by atoms with van der Waals surface area (Å²) in [4.78, 5) is 0.299. The van der Waals surface area contributed by atoms with E-state index >= 15 is 0 Å². The van der Waals surface area contributed by atoms with Crippen LogP contribution in [0.15, 0.2) is 65.7 Å². The van der Waals surface area contributed by atoms with Gasteiger partial charge in [-0.3, -0.25) is 0 Å². The van der Waals surface area contributed by atoms with Gasteiger partial charge in [0.2, 0.25) is 10.0 Å². The standard InChI is InChI=1S/C20H21N3O3S/c1-16-15-23(18-5-3-2-4-6-18)21-20(16)17-7-9-19(10-8-17)27(24,25)22-11-13-26-14-12-22/h2-10,15H,11-14H2,1H3. The molecule has 7 heteroatoms. The van der Waals surface area contributed by atoms with Gasteiger partial charge in [-0.05, 0) is 36.8 Å². The number of rotatable bonds is 4. The van der Waals surface area contributed by atoms with Crippen LogP contribution in [0.25, 0.3) is 16.9 Å². The van der Waals surface area contributed by atoms with Gasteiger partial charge in [-0.2, -0.15) is 9.40 Å². The van der Waals surface area contributed by atoms with Crippen LogP contribution in [0.2, 0.25) is 0 Å². The van der Waals surface area contributed by atoms with Crippen LogP contribution < -0.4 is 0 Å². The molecule has 6 nitrogen and oxygen atoms in total. The Morgan fingerprint density at radius 3 is 2.30 bits per heavy atom. The highest BCUT2D eigenvalue weighted by Gasteiger charge is 2.26. The third-order valence-corrected chi connectivity index (χ3v) is 6.57. The zero-order valence-corrected chi connectivity index (χ0v) is 15.9. The van der Waals surface area contributed by atoms with E-state index in [1.165, 1.54) is 4.31 Å². The first-order valence-electron chi connectivity index (χ1n) is 8.86. The Morgan fingerprint density at radius 1 is 0.963 bits per heavy atom. The van der Waals surface area contributed by atoms with E-state index in [1.54, 1.807) is 12.1 Å². The van der Waals surface area contributed by atoms with Crippen molar-refractivity contribution in [3.63, 3.8) is 0 Å². The lowest BCUT2D eigenvalue weighted by atomic mass is 10.1. The smallest absolute Gasteiger partial charge is 0.243 e. The topological polar surface area (TPSA) is 64.4 Å². The minimum atomic E-state index is -3.48. The highest BCUT2D eigenvalue weighted by atomic mass is 32.2. The number of hydrogen-bond donors (Lipinski definition) is 0. The third-order valence-electron chi connectivity index (χ3n) is 4.65. The number of aryl methyl sites for hydroxylation is 1. The second kappa shape index (κ2) is 7.26. The Kier molecular flexibility index (Phi) is 4.82. The van der Waals surface area contributed by atoms with Crippen molar-refractivity contribution in [1.82, 2.24) is 14.1 Å². The van der Waals surface area contributed by atoms with E-state index in [4.69, 9.17) is 4.74 Å². The van der Waals surface area contributed by atoms with Crippen LogP contribution in [0.3, 0.4) is 0 Å². The fourth-order valence-electron chi connectivity index (χ4n) is 3.18. The third kappa shape index (κ3) is 3.53. The summed E-state index contributed by atoms with van der Waals surface area (Å²) in [5, 5.41) is 4.67. The summed E-state index contributed by atoms with van der Waals surface area (Å²) in [5.74, 6) is 0. The molecule has 1 aliphatic heterocycles. The number of benzene rings is 2. The SMILES string of the molecule is Cc1cn(-c2ccccc2)nc1-c1ccc(S(=O)(=O)N2CCOCC2)cc1. The molecule has 4 rings (SSSR count). The summed E-state index contributed by atoms with van der Waals surface area (Å²) in [6.07, 6.45) is 1.98. The number of sulfonamides is 1. The van der Waals surface area contributed by atoms with Gasteiger partial charge in [-0.15, -0.1) is 0 Å². The first-order chi connectivity index (χ1) is 13.1. The van der Waals surface area contributed by atoms with Gasteiger partial charge >= 0.3 is 0 Å². The average Bonchev–Trinajstić information content (AvgIpc) is 3.11. The maximum atomic E-state index is 12.7. The molecule has 0 saturated carbocycles. The quantitative estimate of drug-likeness (QED) is 0.695. The summed E-state index contributed by atoms with van der Waals surface area (Å²) in [6.45, 7) is 3.66. The molecule has 1 saturated heterocycles. The van der Waals surface area contributed by atoms with Crippen LogP contribution in [0, 0.1) is 6.92 Å². The minimum Gasteiger partial charge on any atom is -0.379 e. The van der Waals surface area contributed by atoms with E-state index in [0.29, 0.717) is 31.2 Å². The molecule has 0 radical (unpaired) electrons. The van der Waals surface area contributed by atoms with Crippen molar-refractivity contribution in [2.75, 3.05) is 26.3 Å². The number of nitrogens with zero attached hydrogens (tertiary/aromatic N) is 3. The fourth-order valence-corrected chi connectivity index (χ4v) is 4.59. The predicted octanol–water partition coefficient (Wildman–Crippen LogP) is 2.87. The van der Waals surface area contributed by atoms with Gasteiger partial charge in [0, 0.05) is 24.8 Å². The molecule has 0 N–H and O–H groups in total. The van der Waals surface area contributed by atoms with E-state index in [2.05, 4.69) is 5.10 Å². The molecule has 0 amide bonds. The number of aromatic nitrogens is 2. The average molecular weight is 383 g/mol. The summed E-state index contributed by atoms with van der Waals surface area (Å²) < 4.78 is 34.0. The first kappa shape index (κ1) is 17.9. The van der Waals surface area contributed by atoms with Gasteiger partial charge in [0.25, 0.3) is 0 Å². The van der Waals surface area contributed by atoms with Crippen molar-refractivity contribution in [3.05, 3.63) is 66.4 Å². The first-order valence-corrected chi connectivity index (χ1v) is 10.3. The van der Waals surface area contributed by atoms with Crippen molar-refractivity contribution < 1.29 is 13.2 Å². The largest absolute Gasteiger partial charge is 0.379 e. The van der Waals surface area contributed by atoms with E-state index in [0.717, 1.165) is 22.5 Å². The van der Waals surface area contributed by atoms with Gasteiger partial charge in [-0.1, -0.05) is 30.3 Å². The number of para-hydroxylation sites is 1. The van der Waals surface area contributed by atoms with E-state index < -0.39 is 10.0 Å². The van der Waals surface area contributed by atoms with Crippen LogP contribution in [0.5, 0.6) is 0 Å². The zero-order valence-electron chi connectivity index (χ0n) is 15.1. The van der Waals surface area contributed by atoms with E-state index in [-0.39, 0.29) is 0 Å². The molecule has 0 spiro atoms. The molecule has 140 valence electrons. The van der Waals surface area contributed by atoms with Crippen LogP contribution in [0.1, 0.15) is 5.56 Å². The molecule has 1 aromatic heterocycles. The Morgan fingerprint density at radius 2 is 1.63 bits per heavy atom. The lowest BCUT2D eigenvalue weighted by molar-refractivity contribution is 0.0730. The normalized spacial score (nSPS) is 15.7. The second-order valence-corrected chi connectivity index (χ2v) is 8.42. The van der Waals surface area contributed by atoms with Crippen molar-refractivity contribution >= 4 is 10.0 Å². The molecule has 2 aromatic carbocycles. The molecule has 3 aromatic rings. The number of morpholine rings is 1. The van der Waals surface area contributed by atoms with Crippen molar-refractivity contribution in [3.8, 4) is 16.9 Å². The molecule has 0 unspecified atom stereocenters. The molecule has 27 heavy (non-hydrogen) atoms.